The van der Waals surface area contributed by atoms with Crippen LogP contribution in [-0.4, -0.2) is 36.4 Å². The third-order valence-corrected chi connectivity index (χ3v) is 6.08. The normalized spacial score (nSPS) is 11.4. The molecule has 2 aromatic carbocycles. The number of amides is 1. The Balaban J connectivity index is 1.61. The van der Waals surface area contributed by atoms with Crippen molar-refractivity contribution >= 4 is 21.8 Å². The smallest absolute Gasteiger partial charge is 0.322 e. The van der Waals surface area contributed by atoms with Gasteiger partial charge in [-0.25, -0.2) is 12.8 Å². The Morgan fingerprint density at radius 3 is 2.38 bits per heavy atom. The number of ether oxygens (including phenoxy) is 1. The third-order valence-electron chi connectivity index (χ3n) is 3.91. The summed E-state index contributed by atoms with van der Waals surface area (Å²) in [5.74, 6) is -0.490. The number of nitrogens with zero attached hydrogens (tertiary/aromatic N) is 2. The Labute approximate surface area is 166 Å². The minimum Gasteiger partial charge on any atom is -0.484 e. The number of nitrogens with one attached hydrogen (secondary N) is 1. The maximum atomic E-state index is 12.8. The van der Waals surface area contributed by atoms with Crippen LogP contribution in [0.4, 0.5) is 10.4 Å². The van der Waals surface area contributed by atoms with Crippen LogP contribution in [0.1, 0.15) is 13.8 Å². The van der Waals surface area contributed by atoms with Gasteiger partial charge >= 0.3 is 6.01 Å². The molecule has 0 saturated heterocycles. The van der Waals surface area contributed by atoms with Gasteiger partial charge in [-0.1, -0.05) is 5.10 Å². The van der Waals surface area contributed by atoms with Crippen LogP contribution in [0.3, 0.4) is 0 Å². The minimum atomic E-state index is -3.38. The highest BCUT2D eigenvalue weighted by atomic mass is 32.2. The summed E-state index contributed by atoms with van der Waals surface area (Å²) in [7, 11) is -3.38. The van der Waals surface area contributed by atoms with Gasteiger partial charge in [0, 0.05) is 5.56 Å². The van der Waals surface area contributed by atoms with Crippen molar-refractivity contribution in [3.63, 3.8) is 0 Å². The Bertz CT molecular complexity index is 1090. The van der Waals surface area contributed by atoms with Gasteiger partial charge in [-0.05, 0) is 62.4 Å². The summed E-state index contributed by atoms with van der Waals surface area (Å²) in [6, 6.07) is 11.1. The zero-order valence-electron chi connectivity index (χ0n) is 15.6. The van der Waals surface area contributed by atoms with E-state index in [2.05, 4.69) is 15.5 Å². The molecule has 0 radical (unpaired) electrons. The predicted octanol–water partition coefficient (Wildman–Crippen LogP) is 3.08. The molecular formula is C19H18FN3O5S. The highest BCUT2D eigenvalue weighted by Gasteiger charge is 2.19. The second kappa shape index (κ2) is 8.39. The van der Waals surface area contributed by atoms with Gasteiger partial charge in [-0.2, -0.15) is 0 Å². The average Bonchev–Trinajstić information content (AvgIpc) is 3.16. The van der Waals surface area contributed by atoms with Gasteiger partial charge in [0.15, 0.2) is 16.4 Å². The van der Waals surface area contributed by atoms with Gasteiger partial charge in [-0.3, -0.25) is 10.1 Å². The topological polar surface area (TPSA) is 111 Å². The SMILES string of the molecule is CC(C)S(=O)(=O)c1ccc(-c2nnc(NC(=O)COc3ccc(F)cc3)o2)cc1. The first-order valence-corrected chi connectivity index (χ1v) is 10.2. The molecule has 0 saturated carbocycles. The maximum Gasteiger partial charge on any atom is 0.322 e. The molecule has 3 rings (SSSR count). The van der Waals surface area contributed by atoms with Gasteiger partial charge in [0.1, 0.15) is 11.6 Å². The number of hydrogen-bond acceptors (Lipinski definition) is 7. The number of rotatable bonds is 7. The van der Waals surface area contributed by atoms with Gasteiger partial charge in [0.2, 0.25) is 5.89 Å². The van der Waals surface area contributed by atoms with Crippen molar-refractivity contribution in [1.82, 2.24) is 10.2 Å². The van der Waals surface area contributed by atoms with Crippen LogP contribution in [0.15, 0.2) is 57.8 Å². The summed E-state index contributed by atoms with van der Waals surface area (Å²) in [5.41, 5.74) is 0.503. The third kappa shape index (κ3) is 4.96. The summed E-state index contributed by atoms with van der Waals surface area (Å²) < 4.78 is 47.7. The first-order valence-electron chi connectivity index (χ1n) is 8.62. The molecule has 3 aromatic rings. The fourth-order valence-corrected chi connectivity index (χ4v) is 3.34. The molecule has 0 atom stereocenters. The molecule has 1 amide bonds. The van der Waals surface area contributed by atoms with E-state index < -0.39 is 26.8 Å². The maximum absolute atomic E-state index is 12.8. The number of hydrogen-bond donors (Lipinski definition) is 1. The van der Waals surface area contributed by atoms with Crippen LogP contribution in [0.2, 0.25) is 0 Å². The fraction of sp³-hybridized carbons (Fsp3) is 0.211. The molecule has 0 fully saturated rings. The minimum absolute atomic E-state index is 0.119. The second-order valence-electron chi connectivity index (χ2n) is 6.32. The number of aromatic nitrogens is 2. The van der Waals surface area contributed by atoms with E-state index >= 15 is 0 Å². The summed E-state index contributed by atoms with van der Waals surface area (Å²) in [6.45, 7) is 2.89. The monoisotopic (exact) mass is 419 g/mol. The van der Waals surface area contributed by atoms with Crippen LogP contribution < -0.4 is 10.1 Å². The van der Waals surface area contributed by atoms with E-state index in [1.165, 1.54) is 36.4 Å². The van der Waals surface area contributed by atoms with Crippen molar-refractivity contribution in [2.45, 2.75) is 24.0 Å². The van der Waals surface area contributed by atoms with Crippen molar-refractivity contribution in [2.24, 2.45) is 0 Å². The van der Waals surface area contributed by atoms with Crippen LogP contribution >= 0.6 is 0 Å². The molecule has 10 heteroatoms. The van der Waals surface area contributed by atoms with Crippen LogP contribution in [0.25, 0.3) is 11.5 Å². The summed E-state index contributed by atoms with van der Waals surface area (Å²) in [4.78, 5) is 12.1. The Kier molecular flexibility index (Phi) is 5.92. The van der Waals surface area contributed by atoms with E-state index in [4.69, 9.17) is 9.15 Å². The van der Waals surface area contributed by atoms with Crippen molar-refractivity contribution in [1.29, 1.82) is 0 Å². The zero-order valence-corrected chi connectivity index (χ0v) is 16.4. The molecule has 1 heterocycles. The lowest BCUT2D eigenvalue weighted by Crippen LogP contribution is -2.20. The second-order valence-corrected chi connectivity index (χ2v) is 8.83. The van der Waals surface area contributed by atoms with E-state index in [1.807, 2.05) is 0 Å². The molecular weight excluding hydrogens is 401 g/mol. The molecule has 0 aliphatic heterocycles. The number of carbonyl (C=O) groups is 1. The first kappa shape index (κ1) is 20.5. The van der Waals surface area contributed by atoms with E-state index in [1.54, 1.807) is 26.0 Å². The lowest BCUT2D eigenvalue weighted by molar-refractivity contribution is -0.118. The first-order chi connectivity index (χ1) is 13.8. The lowest BCUT2D eigenvalue weighted by atomic mass is 10.2. The molecule has 1 N–H and O–H groups in total. The van der Waals surface area contributed by atoms with Gasteiger partial charge in [-0.15, -0.1) is 5.10 Å². The number of sulfone groups is 1. The van der Waals surface area contributed by atoms with E-state index in [9.17, 15) is 17.6 Å². The van der Waals surface area contributed by atoms with Crippen molar-refractivity contribution in [3.05, 3.63) is 54.3 Å². The standard InChI is InChI=1S/C19H18FN3O5S/c1-12(2)29(25,26)16-9-3-13(4-10-16)18-22-23-19(28-18)21-17(24)11-27-15-7-5-14(20)6-8-15/h3-10,12H,11H2,1-2H3,(H,21,23,24). The quantitative estimate of drug-likeness (QED) is 0.626. The van der Waals surface area contributed by atoms with E-state index in [0.29, 0.717) is 11.3 Å². The fourth-order valence-electron chi connectivity index (χ4n) is 2.28. The highest BCUT2D eigenvalue weighted by Crippen LogP contribution is 2.23. The zero-order chi connectivity index (χ0) is 21.0. The molecule has 0 aliphatic rings. The van der Waals surface area contributed by atoms with Gasteiger partial charge in [0.05, 0.1) is 10.1 Å². The molecule has 8 nitrogen and oxygen atoms in total. The lowest BCUT2D eigenvalue weighted by Gasteiger charge is -2.07. The number of benzene rings is 2. The highest BCUT2D eigenvalue weighted by molar-refractivity contribution is 7.92. The summed E-state index contributed by atoms with van der Waals surface area (Å²) in [5, 5.41) is 9.42. The largest absolute Gasteiger partial charge is 0.484 e. The van der Waals surface area contributed by atoms with Crippen molar-refractivity contribution in [2.75, 3.05) is 11.9 Å². The predicted molar refractivity (Wildman–Crippen MR) is 103 cm³/mol. The number of halogens is 1. The average molecular weight is 419 g/mol. The molecule has 0 spiro atoms. The van der Waals surface area contributed by atoms with Crippen LogP contribution in [-0.2, 0) is 14.6 Å². The molecule has 0 bridgehead atoms. The number of anilines is 1. The summed E-state index contributed by atoms with van der Waals surface area (Å²) >= 11 is 0. The Morgan fingerprint density at radius 2 is 1.76 bits per heavy atom. The Morgan fingerprint density at radius 1 is 1.10 bits per heavy atom. The van der Waals surface area contributed by atoms with Crippen molar-refractivity contribution < 1.29 is 26.8 Å². The van der Waals surface area contributed by atoms with Crippen molar-refractivity contribution in [3.8, 4) is 17.2 Å². The molecule has 0 aliphatic carbocycles. The van der Waals surface area contributed by atoms with Gasteiger partial charge in [0.25, 0.3) is 5.91 Å². The molecule has 152 valence electrons. The molecule has 0 unspecified atom stereocenters. The molecule has 29 heavy (non-hydrogen) atoms. The Hall–Kier alpha value is -3.27. The van der Waals surface area contributed by atoms with Crippen LogP contribution in [0, 0.1) is 5.82 Å². The number of carbonyl (C=O) groups excluding carboxylic acids is 1. The van der Waals surface area contributed by atoms with Gasteiger partial charge < -0.3 is 9.15 Å². The van der Waals surface area contributed by atoms with Crippen LogP contribution in [0.5, 0.6) is 5.75 Å². The molecule has 1 aromatic heterocycles. The summed E-state index contributed by atoms with van der Waals surface area (Å²) in [6.07, 6.45) is 0. The van der Waals surface area contributed by atoms with E-state index in [-0.39, 0.29) is 23.4 Å². The van der Waals surface area contributed by atoms with E-state index in [0.717, 1.165) is 0 Å².